The van der Waals surface area contributed by atoms with Crippen molar-refractivity contribution in [3.8, 4) is 11.8 Å². The van der Waals surface area contributed by atoms with Crippen LogP contribution >= 0.6 is 11.3 Å². The summed E-state index contributed by atoms with van der Waals surface area (Å²) in [5.74, 6) is 1.33. The predicted octanol–water partition coefficient (Wildman–Crippen LogP) is 5.04. The van der Waals surface area contributed by atoms with E-state index < -0.39 is 0 Å². The summed E-state index contributed by atoms with van der Waals surface area (Å²) in [6, 6.07) is 4.42. The maximum absolute atomic E-state index is 9.27. The Morgan fingerprint density at radius 3 is 2.83 bits per heavy atom. The largest absolute Gasteiger partial charge is 0.490 e. The van der Waals surface area contributed by atoms with Crippen LogP contribution < -0.4 is 4.74 Å². The first-order valence-corrected chi connectivity index (χ1v) is 12.3. The summed E-state index contributed by atoms with van der Waals surface area (Å²) < 4.78 is 12.2. The lowest BCUT2D eigenvalue weighted by Crippen LogP contribution is -2.55. The molecule has 3 heterocycles. The van der Waals surface area contributed by atoms with E-state index in [9.17, 15) is 5.26 Å². The molecule has 0 bridgehead atoms. The maximum Gasteiger partial charge on any atom is 0.131 e. The SMILES string of the molecule is CCC1(N2CCOCC2)CCC(Oc2ccnc3sc4c(c23)[C@@H](CC#N)CC4)CC1. The summed E-state index contributed by atoms with van der Waals surface area (Å²) in [6.07, 6.45) is 10.7. The monoisotopic (exact) mass is 425 g/mol. The zero-order chi connectivity index (χ0) is 20.6. The van der Waals surface area contributed by atoms with Crippen molar-refractivity contribution in [2.45, 2.75) is 75.9 Å². The van der Waals surface area contributed by atoms with Gasteiger partial charge in [-0.05, 0) is 62.5 Å². The first-order valence-electron chi connectivity index (χ1n) is 11.5. The van der Waals surface area contributed by atoms with E-state index in [0.717, 1.165) is 62.6 Å². The van der Waals surface area contributed by atoms with Gasteiger partial charge in [-0.1, -0.05) is 6.92 Å². The normalized spacial score (nSPS) is 29.6. The predicted molar refractivity (Wildman–Crippen MR) is 119 cm³/mol. The number of ether oxygens (including phenoxy) is 2. The highest BCUT2D eigenvalue weighted by molar-refractivity contribution is 7.19. The Bertz CT molecular complexity index is 936. The topological polar surface area (TPSA) is 58.4 Å². The van der Waals surface area contributed by atoms with E-state index in [0.29, 0.717) is 17.9 Å². The van der Waals surface area contributed by atoms with Crippen LogP contribution in [-0.4, -0.2) is 47.8 Å². The number of rotatable bonds is 5. The lowest BCUT2D eigenvalue weighted by molar-refractivity contribution is -0.0510. The molecule has 0 radical (unpaired) electrons. The molecule has 0 unspecified atom stereocenters. The van der Waals surface area contributed by atoms with E-state index in [1.54, 1.807) is 11.3 Å². The van der Waals surface area contributed by atoms with Gasteiger partial charge < -0.3 is 9.47 Å². The minimum Gasteiger partial charge on any atom is -0.490 e. The van der Waals surface area contributed by atoms with Gasteiger partial charge in [0.2, 0.25) is 0 Å². The molecule has 0 amide bonds. The van der Waals surface area contributed by atoms with Crippen molar-refractivity contribution >= 4 is 21.6 Å². The molecule has 0 N–H and O–H groups in total. The van der Waals surface area contributed by atoms with Gasteiger partial charge in [-0.15, -0.1) is 11.3 Å². The number of thiophene rings is 1. The van der Waals surface area contributed by atoms with Gasteiger partial charge in [0.15, 0.2) is 0 Å². The zero-order valence-corrected chi connectivity index (χ0v) is 18.7. The van der Waals surface area contributed by atoms with Crippen LogP contribution in [-0.2, 0) is 11.2 Å². The molecule has 2 fully saturated rings. The van der Waals surface area contributed by atoms with E-state index in [4.69, 9.17) is 9.47 Å². The summed E-state index contributed by atoms with van der Waals surface area (Å²) in [5.41, 5.74) is 1.67. The number of fused-ring (bicyclic) bond motifs is 3. The molecule has 2 aromatic rings. The summed E-state index contributed by atoms with van der Waals surface area (Å²) in [7, 11) is 0. The minimum absolute atomic E-state index is 0.266. The van der Waals surface area contributed by atoms with Gasteiger partial charge in [0.25, 0.3) is 0 Å². The van der Waals surface area contributed by atoms with Gasteiger partial charge in [-0.25, -0.2) is 4.98 Å². The lowest BCUT2D eigenvalue weighted by atomic mass is 9.77. The van der Waals surface area contributed by atoms with Crippen LogP contribution in [0.4, 0.5) is 0 Å². The Labute approximate surface area is 183 Å². The Hall–Kier alpha value is -1.68. The summed E-state index contributed by atoms with van der Waals surface area (Å²) in [4.78, 5) is 9.79. The zero-order valence-electron chi connectivity index (χ0n) is 17.9. The number of aromatic nitrogens is 1. The minimum atomic E-state index is 0.266. The van der Waals surface area contributed by atoms with E-state index in [1.807, 2.05) is 12.3 Å². The average Bonchev–Trinajstić information content (AvgIpc) is 3.35. The molecule has 5 nitrogen and oxygen atoms in total. The second-order valence-electron chi connectivity index (χ2n) is 9.02. The van der Waals surface area contributed by atoms with Crippen LogP contribution in [0.2, 0.25) is 0 Å². The van der Waals surface area contributed by atoms with Gasteiger partial charge in [0, 0.05) is 36.1 Å². The highest BCUT2D eigenvalue weighted by Crippen LogP contribution is 2.48. The molecular formula is C24H31N3O2S. The quantitative estimate of drug-likeness (QED) is 0.671. The molecule has 30 heavy (non-hydrogen) atoms. The number of nitrogens with zero attached hydrogens (tertiary/aromatic N) is 3. The van der Waals surface area contributed by atoms with Crippen molar-refractivity contribution in [1.82, 2.24) is 9.88 Å². The fourth-order valence-corrected chi connectivity index (χ4v) is 7.16. The second-order valence-corrected chi connectivity index (χ2v) is 10.1. The first-order chi connectivity index (χ1) is 14.7. The van der Waals surface area contributed by atoms with E-state index >= 15 is 0 Å². The fourth-order valence-electron chi connectivity index (χ4n) is 5.90. The first kappa shape index (κ1) is 20.2. The summed E-state index contributed by atoms with van der Waals surface area (Å²) in [6.45, 7) is 6.19. The number of nitriles is 1. The molecule has 1 saturated carbocycles. The Morgan fingerprint density at radius 2 is 2.10 bits per heavy atom. The van der Waals surface area contributed by atoms with Gasteiger partial charge in [-0.2, -0.15) is 5.26 Å². The fraction of sp³-hybridized carbons (Fsp3) is 0.667. The maximum atomic E-state index is 9.27. The highest BCUT2D eigenvalue weighted by Gasteiger charge is 2.40. The Kier molecular flexibility index (Phi) is 5.70. The van der Waals surface area contributed by atoms with Crippen LogP contribution in [0.1, 0.15) is 68.2 Å². The number of hydrogen-bond donors (Lipinski definition) is 0. The Morgan fingerprint density at radius 1 is 1.30 bits per heavy atom. The molecule has 6 heteroatoms. The third-order valence-electron chi connectivity index (χ3n) is 7.63. The van der Waals surface area contributed by atoms with Crippen molar-refractivity contribution in [2.24, 2.45) is 0 Å². The summed E-state index contributed by atoms with van der Waals surface area (Å²) in [5, 5.41) is 10.5. The lowest BCUT2D eigenvalue weighted by Gasteiger charge is -2.49. The molecule has 5 rings (SSSR count). The molecule has 1 atom stereocenters. The van der Waals surface area contributed by atoms with Crippen molar-refractivity contribution in [3.05, 3.63) is 22.7 Å². The molecule has 2 aromatic heterocycles. The van der Waals surface area contributed by atoms with Crippen LogP contribution in [0, 0.1) is 11.3 Å². The van der Waals surface area contributed by atoms with Gasteiger partial charge in [-0.3, -0.25) is 4.90 Å². The van der Waals surface area contributed by atoms with Crippen LogP contribution in [0.25, 0.3) is 10.2 Å². The average molecular weight is 426 g/mol. The van der Waals surface area contributed by atoms with E-state index in [1.165, 1.54) is 35.1 Å². The third-order valence-corrected chi connectivity index (χ3v) is 8.80. The molecule has 0 aromatic carbocycles. The molecule has 160 valence electrons. The highest BCUT2D eigenvalue weighted by atomic mass is 32.1. The number of hydrogen-bond acceptors (Lipinski definition) is 6. The van der Waals surface area contributed by atoms with Crippen molar-refractivity contribution in [1.29, 1.82) is 5.26 Å². The smallest absolute Gasteiger partial charge is 0.131 e. The third kappa shape index (κ3) is 3.51. The van der Waals surface area contributed by atoms with Crippen LogP contribution in [0.5, 0.6) is 5.75 Å². The standard InChI is InChI=1S/C24H31N3O2S/c1-2-24(27-13-15-28-16-14-27)9-5-18(6-10-24)29-19-8-12-26-23-22(19)21-17(7-11-25)3-4-20(21)30-23/h8,12,17-18H,2-7,9-10,13-16H2,1H3/t17-,18?,24?/m1/s1. The molecular weight excluding hydrogens is 394 g/mol. The summed E-state index contributed by atoms with van der Waals surface area (Å²) >= 11 is 1.80. The molecule has 0 spiro atoms. The molecule has 1 aliphatic heterocycles. The molecule has 2 aliphatic carbocycles. The number of pyridine rings is 1. The molecule has 3 aliphatic rings. The van der Waals surface area contributed by atoms with Gasteiger partial charge >= 0.3 is 0 Å². The van der Waals surface area contributed by atoms with Crippen LogP contribution in [0.15, 0.2) is 12.3 Å². The van der Waals surface area contributed by atoms with Crippen LogP contribution in [0.3, 0.4) is 0 Å². The van der Waals surface area contributed by atoms with E-state index in [-0.39, 0.29) is 6.10 Å². The van der Waals surface area contributed by atoms with Crippen molar-refractivity contribution < 1.29 is 9.47 Å². The van der Waals surface area contributed by atoms with Gasteiger partial charge in [0.1, 0.15) is 10.6 Å². The Balaban J connectivity index is 1.34. The second kappa shape index (κ2) is 8.45. The van der Waals surface area contributed by atoms with Crippen molar-refractivity contribution in [2.75, 3.05) is 26.3 Å². The van der Waals surface area contributed by atoms with Crippen molar-refractivity contribution in [3.63, 3.8) is 0 Å². The molecule has 1 saturated heterocycles. The van der Waals surface area contributed by atoms with Gasteiger partial charge in [0.05, 0.1) is 30.8 Å². The van der Waals surface area contributed by atoms with E-state index in [2.05, 4.69) is 22.9 Å². The number of aryl methyl sites for hydroxylation is 1. The number of morpholine rings is 1.